The largest absolute Gasteiger partial charge is 0.464 e. The molecule has 3 spiro atoms. The predicted octanol–water partition coefficient (Wildman–Crippen LogP) is 16.3. The third kappa shape index (κ3) is 14.7. The number of carbonyl (C=O) groups is 6. The minimum atomic E-state index is -1.09. The Kier molecular flexibility index (Phi) is 21.3. The molecule has 27 heteroatoms. The van der Waals surface area contributed by atoms with E-state index in [0.29, 0.717) is 50.6 Å². The highest BCUT2D eigenvalue weighted by Crippen LogP contribution is 2.59. The average molecular weight is 1610 g/mol. The molecule has 0 aliphatic carbocycles. The lowest BCUT2D eigenvalue weighted by Gasteiger charge is -2.47. The number of anilines is 3. The van der Waals surface area contributed by atoms with E-state index in [9.17, 15) is 59.1 Å². The first kappa shape index (κ1) is 80.2. The molecular formula is C92H84N6O21. The molecule has 0 saturated heterocycles. The molecule has 6 aliphatic heterocycles. The van der Waals surface area contributed by atoms with Gasteiger partial charge in [0.2, 0.25) is 17.2 Å². The van der Waals surface area contributed by atoms with Crippen LogP contribution in [0.5, 0.6) is 34.5 Å². The van der Waals surface area contributed by atoms with Gasteiger partial charge in [-0.05, 0) is 191 Å². The van der Waals surface area contributed by atoms with Crippen molar-refractivity contribution < 1.29 is 86.2 Å². The van der Waals surface area contributed by atoms with Crippen LogP contribution < -0.4 is 43.1 Å². The second-order valence-corrected chi connectivity index (χ2v) is 31.5. The lowest BCUT2D eigenvalue weighted by atomic mass is 9.71. The minimum absolute atomic E-state index is 0.0681. The fourth-order valence-corrected chi connectivity index (χ4v) is 17.2. The third-order valence-electron chi connectivity index (χ3n) is 23.7. The van der Waals surface area contributed by atoms with Crippen LogP contribution in [0.2, 0.25) is 0 Å². The number of non-ortho nitro benzene ring substituents is 3. The summed E-state index contributed by atoms with van der Waals surface area (Å²) < 4.78 is 54.8. The van der Waals surface area contributed by atoms with Crippen LogP contribution >= 0.6 is 0 Å². The molecule has 608 valence electrons. The van der Waals surface area contributed by atoms with Gasteiger partial charge in [-0.2, -0.15) is 0 Å². The summed E-state index contributed by atoms with van der Waals surface area (Å²) in [6.07, 6.45) is 9.27. The highest BCUT2D eigenvalue weighted by molar-refractivity contribution is 5.83. The van der Waals surface area contributed by atoms with Crippen LogP contribution in [0.4, 0.5) is 34.1 Å². The van der Waals surface area contributed by atoms with E-state index in [1.165, 1.54) is 36.4 Å². The van der Waals surface area contributed by atoms with Gasteiger partial charge in [0.25, 0.3) is 17.1 Å². The van der Waals surface area contributed by atoms with Crippen LogP contribution in [0.15, 0.2) is 218 Å². The SMILES string of the molecule is CC(c1ccc(OC(=O)CCC(=O)OCCN2c3ccccc3C(C)(C)C23C=Cc2cc([N+](=O)[O-])ccc2O3)cc1)(c1ccc(OC(=O)CCC(=O)OCCN2c3ccccc3C(C)(C)C23C=Cc2cc([N+](=O)[O-])ccc2O3)cc1)c1ccc(OC(=O)CCC(=O)OCCN2c3ccccc3C(C)(C)C23C=Cc2cc([N+](=O)[O-])ccc2O3)cc1. The number of benzene rings is 9. The summed E-state index contributed by atoms with van der Waals surface area (Å²) in [5, 5.41) is 34.8. The van der Waals surface area contributed by atoms with Gasteiger partial charge in [-0.3, -0.25) is 59.1 Å². The number of rotatable bonds is 27. The van der Waals surface area contributed by atoms with E-state index in [1.54, 1.807) is 91.0 Å². The second-order valence-electron chi connectivity index (χ2n) is 31.5. The molecule has 9 aromatic rings. The number of carbonyl (C=O) groups excluding carboxylic acids is 6. The molecule has 6 heterocycles. The van der Waals surface area contributed by atoms with Crippen molar-refractivity contribution in [3.8, 4) is 34.5 Å². The third-order valence-corrected chi connectivity index (χ3v) is 23.7. The van der Waals surface area contributed by atoms with Gasteiger partial charge in [0.05, 0.1) is 89.2 Å². The molecular weight excluding hydrogens is 1530 g/mol. The van der Waals surface area contributed by atoms with Crippen molar-refractivity contribution >= 4 is 88.2 Å². The van der Waals surface area contributed by atoms with Gasteiger partial charge in [-0.25, -0.2) is 0 Å². The van der Waals surface area contributed by atoms with Crippen molar-refractivity contribution in [3.05, 3.63) is 299 Å². The summed E-state index contributed by atoms with van der Waals surface area (Å²) in [5.41, 5.74) is 2.85. The molecule has 15 rings (SSSR count). The van der Waals surface area contributed by atoms with Gasteiger partial charge in [-0.1, -0.05) is 91.0 Å². The van der Waals surface area contributed by atoms with Crippen molar-refractivity contribution in [1.29, 1.82) is 0 Å². The highest BCUT2D eigenvalue weighted by Gasteiger charge is 2.62. The molecule has 0 saturated carbocycles. The van der Waals surface area contributed by atoms with E-state index >= 15 is 0 Å². The van der Waals surface area contributed by atoms with E-state index in [4.69, 9.17) is 42.6 Å². The Hall–Kier alpha value is -14.0. The molecule has 0 bridgehead atoms. The van der Waals surface area contributed by atoms with E-state index in [1.807, 2.05) is 172 Å². The number of nitrogens with zero attached hydrogens (tertiary/aromatic N) is 6. The van der Waals surface area contributed by atoms with Crippen LogP contribution in [0, 0.1) is 30.3 Å². The maximum absolute atomic E-state index is 13.5. The first-order valence-electron chi connectivity index (χ1n) is 39.0. The zero-order valence-electron chi connectivity index (χ0n) is 66.3. The first-order valence-corrected chi connectivity index (χ1v) is 39.0. The molecule has 9 aromatic carbocycles. The summed E-state index contributed by atoms with van der Waals surface area (Å²) >= 11 is 0. The number of para-hydroxylation sites is 3. The van der Waals surface area contributed by atoms with E-state index in [0.717, 1.165) is 33.8 Å². The topological polar surface area (TPSA) is 325 Å². The minimum Gasteiger partial charge on any atom is -0.464 e. The maximum atomic E-state index is 13.5. The Morgan fingerprint density at radius 1 is 0.353 bits per heavy atom. The van der Waals surface area contributed by atoms with E-state index < -0.39 is 89.4 Å². The van der Waals surface area contributed by atoms with Gasteiger partial charge < -0.3 is 57.3 Å². The van der Waals surface area contributed by atoms with Crippen LogP contribution in [0.25, 0.3) is 18.2 Å². The fraction of sp³-hybridized carbons (Fsp3) is 0.283. The second kappa shape index (κ2) is 31.6. The molecule has 0 amide bonds. The summed E-state index contributed by atoms with van der Waals surface area (Å²) in [6, 6.07) is 57.0. The van der Waals surface area contributed by atoms with Crippen molar-refractivity contribution in [3.63, 3.8) is 0 Å². The Morgan fingerprint density at radius 2 is 0.605 bits per heavy atom. The fourth-order valence-electron chi connectivity index (χ4n) is 17.2. The quantitative estimate of drug-likeness (QED) is 0.0115. The smallest absolute Gasteiger partial charge is 0.311 e. The molecule has 0 N–H and O–H groups in total. The average Bonchev–Trinajstić information content (AvgIpc) is 1.56. The van der Waals surface area contributed by atoms with Crippen molar-refractivity contribution in [2.45, 2.75) is 126 Å². The summed E-state index contributed by atoms with van der Waals surface area (Å²) in [6.45, 7) is 14.6. The predicted molar refractivity (Wildman–Crippen MR) is 439 cm³/mol. The maximum Gasteiger partial charge on any atom is 0.311 e. The molecule has 27 nitrogen and oxygen atoms in total. The normalized spacial score (nSPS) is 18.9. The molecule has 3 unspecified atom stereocenters. The Morgan fingerprint density at radius 3 is 0.866 bits per heavy atom. The Balaban J connectivity index is 0.582. The number of hydrogen-bond acceptors (Lipinski definition) is 24. The van der Waals surface area contributed by atoms with Crippen LogP contribution in [0.3, 0.4) is 0 Å². The van der Waals surface area contributed by atoms with Crippen molar-refractivity contribution in [1.82, 2.24) is 0 Å². The number of nitro groups is 3. The summed E-state index contributed by atoms with van der Waals surface area (Å²) in [4.78, 5) is 120. The molecule has 0 radical (unpaired) electrons. The Bertz CT molecular complexity index is 5130. The lowest BCUT2D eigenvalue weighted by molar-refractivity contribution is -0.385. The number of fused-ring (bicyclic) bond motifs is 6. The van der Waals surface area contributed by atoms with Gasteiger partial charge >= 0.3 is 35.8 Å². The molecule has 119 heavy (non-hydrogen) atoms. The van der Waals surface area contributed by atoms with Gasteiger partial charge in [0.1, 0.15) is 54.3 Å². The monoisotopic (exact) mass is 1610 g/mol. The van der Waals surface area contributed by atoms with Gasteiger partial charge in [0.15, 0.2) is 0 Å². The first-order chi connectivity index (χ1) is 56.9. The van der Waals surface area contributed by atoms with Crippen molar-refractivity contribution in [2.75, 3.05) is 54.2 Å². The summed E-state index contributed by atoms with van der Waals surface area (Å²) in [7, 11) is 0. The summed E-state index contributed by atoms with van der Waals surface area (Å²) in [5.74, 6) is -2.08. The Labute approximate surface area is 684 Å². The molecule has 6 aliphatic rings. The van der Waals surface area contributed by atoms with Gasteiger partial charge in [0, 0.05) is 75.6 Å². The zero-order valence-corrected chi connectivity index (χ0v) is 66.3. The molecule has 3 atom stereocenters. The highest BCUT2D eigenvalue weighted by atomic mass is 16.6. The van der Waals surface area contributed by atoms with E-state index in [-0.39, 0.29) is 112 Å². The number of esters is 6. The standard InChI is InChI=1S/C92H84N6O21/c1-86(2)71-14-8-11-17-74(71)93(90(86)47-44-59-56-65(96(105)106)26-35-77(59)117-90)50-53-111-80(99)38-41-83(102)114-68-29-20-62(21-30-68)89(7,63-22-31-69(32-23-63)115-84(103)42-39-81(100)112-54-51-94-75-18-12-9-15-72(75)87(3,4)91(94)48-45-60-57-66(97(107)108)27-36-78(60)118-91)64-24-33-70(34-25-64)116-85(104)43-40-82(101)113-55-52-95-76-19-13-10-16-73(76)88(5,6)92(95)49-46-61-58-67(98(109)110)28-37-79(61)119-92/h8-37,44-49,56-58H,38-43,50-55H2,1-7H3. The van der Waals surface area contributed by atoms with Crippen LogP contribution in [-0.2, 0) is 64.6 Å². The van der Waals surface area contributed by atoms with Crippen LogP contribution in [-0.4, -0.2) is 107 Å². The lowest BCUT2D eigenvalue weighted by Crippen LogP contribution is -2.60. The van der Waals surface area contributed by atoms with Crippen molar-refractivity contribution in [2.24, 2.45) is 0 Å². The number of ether oxygens (including phenoxy) is 9. The molecule has 0 fully saturated rings. The molecule has 0 aromatic heterocycles. The zero-order chi connectivity index (χ0) is 84.0. The van der Waals surface area contributed by atoms with E-state index in [2.05, 4.69) is 0 Å². The van der Waals surface area contributed by atoms with Gasteiger partial charge in [-0.15, -0.1) is 0 Å². The number of hydrogen-bond donors (Lipinski definition) is 0. The van der Waals surface area contributed by atoms with Crippen LogP contribution in [0.1, 0.15) is 137 Å². The number of nitro benzene ring substituents is 3.